The fourth-order valence-corrected chi connectivity index (χ4v) is 5.14. The van der Waals surface area contributed by atoms with Crippen molar-refractivity contribution in [3.05, 3.63) is 54.4 Å². The third-order valence-corrected chi connectivity index (χ3v) is 6.98. The van der Waals surface area contributed by atoms with Crippen LogP contribution in [0.3, 0.4) is 0 Å². The van der Waals surface area contributed by atoms with Crippen molar-refractivity contribution in [2.75, 3.05) is 5.32 Å². The Bertz CT molecular complexity index is 863. The van der Waals surface area contributed by atoms with E-state index >= 15 is 0 Å². The molecular weight excluding hydrogens is 350 g/mol. The summed E-state index contributed by atoms with van der Waals surface area (Å²) in [6.07, 6.45) is 6.67. The lowest BCUT2D eigenvalue weighted by Gasteiger charge is -2.16. The quantitative estimate of drug-likeness (QED) is 0.837. The van der Waals surface area contributed by atoms with E-state index in [9.17, 15) is 13.2 Å². The van der Waals surface area contributed by atoms with E-state index in [1.807, 2.05) is 19.1 Å². The van der Waals surface area contributed by atoms with Crippen LogP contribution in [-0.4, -0.2) is 24.7 Å². The Balaban J connectivity index is 1.67. The lowest BCUT2D eigenvalue weighted by Crippen LogP contribution is -2.31. The van der Waals surface area contributed by atoms with Gasteiger partial charge in [0.05, 0.1) is 16.2 Å². The summed E-state index contributed by atoms with van der Waals surface area (Å²) < 4.78 is 25.4. The van der Waals surface area contributed by atoms with E-state index in [4.69, 9.17) is 0 Å². The minimum absolute atomic E-state index is 0.191. The van der Waals surface area contributed by atoms with Gasteiger partial charge in [0.25, 0.3) is 0 Å². The van der Waals surface area contributed by atoms with Gasteiger partial charge in [-0.25, -0.2) is 13.2 Å². The molecule has 0 aliphatic heterocycles. The molecule has 1 aromatic heterocycles. The van der Waals surface area contributed by atoms with Gasteiger partial charge in [-0.1, -0.05) is 18.9 Å². The summed E-state index contributed by atoms with van der Waals surface area (Å²) in [6.45, 7) is 1.87. The number of amides is 2. The summed E-state index contributed by atoms with van der Waals surface area (Å²) in [6, 6.07) is 9.56. The molecule has 1 saturated carbocycles. The number of aromatic nitrogens is 1. The molecule has 0 spiro atoms. The number of hydrogen-bond donors (Lipinski definition) is 2. The topological polar surface area (TPSA) is 88.2 Å². The molecule has 6 nitrogen and oxygen atoms in total. The first-order valence-electron chi connectivity index (χ1n) is 8.78. The molecule has 1 aliphatic carbocycles. The van der Waals surface area contributed by atoms with E-state index in [1.165, 1.54) is 6.07 Å². The van der Waals surface area contributed by atoms with Gasteiger partial charge in [0.2, 0.25) is 0 Å². The number of pyridine rings is 1. The number of benzene rings is 1. The van der Waals surface area contributed by atoms with Crippen molar-refractivity contribution in [2.45, 2.75) is 48.8 Å². The maximum atomic E-state index is 12.7. The van der Waals surface area contributed by atoms with E-state index in [-0.39, 0.29) is 22.2 Å². The molecule has 26 heavy (non-hydrogen) atoms. The second-order valence-electron chi connectivity index (χ2n) is 6.58. The number of nitrogens with one attached hydrogen (secondary N) is 2. The summed E-state index contributed by atoms with van der Waals surface area (Å²) in [5, 5.41) is 5.24. The van der Waals surface area contributed by atoms with Crippen LogP contribution in [0.1, 0.15) is 44.2 Å². The van der Waals surface area contributed by atoms with Crippen molar-refractivity contribution >= 4 is 21.6 Å². The molecule has 3 rings (SSSR count). The number of carbonyl (C=O) groups excluding carboxylic acids is 1. The van der Waals surface area contributed by atoms with Crippen molar-refractivity contribution < 1.29 is 13.2 Å². The molecule has 1 fully saturated rings. The van der Waals surface area contributed by atoms with Gasteiger partial charge in [0.1, 0.15) is 0 Å². The molecule has 2 N–H and O–H groups in total. The first-order valence-corrected chi connectivity index (χ1v) is 10.3. The highest BCUT2D eigenvalue weighted by Crippen LogP contribution is 2.30. The first-order chi connectivity index (χ1) is 12.5. The minimum Gasteiger partial charge on any atom is -0.331 e. The van der Waals surface area contributed by atoms with Crippen LogP contribution in [0.25, 0.3) is 0 Å². The van der Waals surface area contributed by atoms with Gasteiger partial charge < -0.3 is 10.6 Å². The Morgan fingerprint density at radius 1 is 1.15 bits per heavy atom. The van der Waals surface area contributed by atoms with Crippen LogP contribution in [-0.2, 0) is 9.84 Å². The van der Waals surface area contributed by atoms with Crippen molar-refractivity contribution in [1.29, 1.82) is 0 Å². The molecule has 2 amide bonds. The van der Waals surface area contributed by atoms with E-state index in [2.05, 4.69) is 15.6 Å². The number of rotatable bonds is 5. The Kier molecular flexibility index (Phi) is 5.56. The smallest absolute Gasteiger partial charge is 0.319 e. The molecule has 1 atom stereocenters. The van der Waals surface area contributed by atoms with Gasteiger partial charge in [-0.3, -0.25) is 4.98 Å². The monoisotopic (exact) mass is 373 g/mol. The SMILES string of the molecule is C[C@@H](NC(=O)Nc1cccc(S(=O)(=O)C2CCCC2)c1)c1ccncc1. The summed E-state index contributed by atoms with van der Waals surface area (Å²) >= 11 is 0. The number of anilines is 1. The van der Waals surface area contributed by atoms with Gasteiger partial charge in [-0.2, -0.15) is 0 Å². The number of carbonyl (C=O) groups is 1. The zero-order valence-electron chi connectivity index (χ0n) is 14.7. The molecule has 0 bridgehead atoms. The lowest BCUT2D eigenvalue weighted by molar-refractivity contribution is 0.249. The van der Waals surface area contributed by atoms with E-state index in [0.29, 0.717) is 18.5 Å². The van der Waals surface area contributed by atoms with Crippen LogP contribution in [0.5, 0.6) is 0 Å². The zero-order chi connectivity index (χ0) is 18.6. The number of sulfone groups is 1. The van der Waals surface area contributed by atoms with Crippen molar-refractivity contribution in [1.82, 2.24) is 10.3 Å². The van der Waals surface area contributed by atoms with E-state index in [0.717, 1.165) is 18.4 Å². The predicted molar refractivity (Wildman–Crippen MR) is 101 cm³/mol. The third kappa shape index (κ3) is 4.22. The lowest BCUT2D eigenvalue weighted by atomic mass is 10.1. The Morgan fingerprint density at radius 3 is 2.54 bits per heavy atom. The summed E-state index contributed by atoms with van der Waals surface area (Å²) in [5.41, 5.74) is 1.40. The van der Waals surface area contributed by atoms with Crippen LogP contribution < -0.4 is 10.6 Å². The van der Waals surface area contributed by atoms with Crippen molar-refractivity contribution in [2.24, 2.45) is 0 Å². The second-order valence-corrected chi connectivity index (χ2v) is 8.81. The highest BCUT2D eigenvalue weighted by molar-refractivity contribution is 7.92. The Morgan fingerprint density at radius 2 is 1.85 bits per heavy atom. The largest absolute Gasteiger partial charge is 0.331 e. The van der Waals surface area contributed by atoms with Gasteiger partial charge in [-0.05, 0) is 55.7 Å². The number of hydrogen-bond acceptors (Lipinski definition) is 4. The molecule has 138 valence electrons. The second kappa shape index (κ2) is 7.86. The van der Waals surface area contributed by atoms with Crippen LogP contribution in [0.15, 0.2) is 53.7 Å². The molecule has 2 aromatic rings. The minimum atomic E-state index is -3.34. The molecule has 0 radical (unpaired) electrons. The molecule has 1 aliphatic rings. The normalized spacial score (nSPS) is 16.2. The Labute approximate surface area is 154 Å². The molecular formula is C19H23N3O3S. The van der Waals surface area contributed by atoms with E-state index in [1.54, 1.807) is 30.6 Å². The standard InChI is InChI=1S/C19H23N3O3S/c1-14(15-9-11-20-12-10-15)21-19(23)22-16-5-4-8-18(13-16)26(24,25)17-6-2-3-7-17/h4-5,8-14,17H,2-3,6-7H2,1H3,(H2,21,22,23)/t14-/m1/s1. The predicted octanol–water partition coefficient (Wildman–Crippen LogP) is 3.68. The third-order valence-electron chi connectivity index (χ3n) is 4.72. The van der Waals surface area contributed by atoms with Gasteiger partial charge in [-0.15, -0.1) is 0 Å². The van der Waals surface area contributed by atoms with Gasteiger partial charge >= 0.3 is 6.03 Å². The van der Waals surface area contributed by atoms with Gasteiger partial charge in [0.15, 0.2) is 9.84 Å². The van der Waals surface area contributed by atoms with Crippen LogP contribution in [0.2, 0.25) is 0 Å². The number of urea groups is 1. The number of nitrogens with zero attached hydrogens (tertiary/aromatic N) is 1. The van der Waals surface area contributed by atoms with Crippen LogP contribution in [0.4, 0.5) is 10.5 Å². The van der Waals surface area contributed by atoms with Crippen molar-refractivity contribution in [3.8, 4) is 0 Å². The summed E-state index contributed by atoms with van der Waals surface area (Å²) in [5.74, 6) is 0. The van der Waals surface area contributed by atoms with Gasteiger partial charge in [0, 0.05) is 18.1 Å². The fraction of sp³-hybridized carbons (Fsp3) is 0.368. The highest BCUT2D eigenvalue weighted by Gasteiger charge is 2.30. The summed E-state index contributed by atoms with van der Waals surface area (Å²) in [4.78, 5) is 16.4. The molecule has 7 heteroatoms. The van der Waals surface area contributed by atoms with Crippen LogP contribution in [0, 0.1) is 0 Å². The fourth-order valence-electron chi connectivity index (χ4n) is 3.24. The average Bonchev–Trinajstić information content (AvgIpc) is 3.18. The van der Waals surface area contributed by atoms with Crippen molar-refractivity contribution in [3.63, 3.8) is 0 Å². The van der Waals surface area contributed by atoms with Crippen LogP contribution >= 0.6 is 0 Å². The zero-order valence-corrected chi connectivity index (χ0v) is 15.5. The average molecular weight is 373 g/mol. The molecule has 1 aromatic carbocycles. The summed E-state index contributed by atoms with van der Waals surface area (Å²) in [7, 11) is -3.34. The molecule has 0 unspecified atom stereocenters. The first kappa shape index (κ1) is 18.4. The highest BCUT2D eigenvalue weighted by atomic mass is 32.2. The van der Waals surface area contributed by atoms with E-state index < -0.39 is 9.84 Å². The molecule has 0 saturated heterocycles. The Hall–Kier alpha value is -2.41. The maximum absolute atomic E-state index is 12.7. The maximum Gasteiger partial charge on any atom is 0.319 e. The molecule has 1 heterocycles.